The summed E-state index contributed by atoms with van der Waals surface area (Å²) in [6.45, 7) is 5.77. The fourth-order valence-electron chi connectivity index (χ4n) is 4.36. The third kappa shape index (κ3) is 4.46. The lowest BCUT2D eigenvalue weighted by Crippen LogP contribution is -2.46. The van der Waals surface area contributed by atoms with Crippen LogP contribution in [0.4, 0.5) is 5.82 Å². The molecule has 2 aliphatic heterocycles. The van der Waals surface area contributed by atoms with Gasteiger partial charge in [0.05, 0.1) is 16.9 Å². The number of para-hydroxylation sites is 1. The molecule has 0 unspecified atom stereocenters. The van der Waals surface area contributed by atoms with E-state index in [1.807, 2.05) is 24.3 Å². The zero-order chi connectivity index (χ0) is 22.0. The van der Waals surface area contributed by atoms with Crippen LogP contribution in [0.5, 0.6) is 5.75 Å². The molecule has 0 saturated carbocycles. The molecule has 2 aromatic carbocycles. The summed E-state index contributed by atoms with van der Waals surface area (Å²) in [6.07, 6.45) is 2.52. The van der Waals surface area contributed by atoms with Crippen molar-refractivity contribution >= 4 is 26.8 Å². The average molecular weight is 457 g/mol. The van der Waals surface area contributed by atoms with Crippen molar-refractivity contribution in [3.63, 3.8) is 0 Å². The minimum absolute atomic E-state index is 0.318. The Labute approximate surface area is 188 Å². The second-order valence-electron chi connectivity index (χ2n) is 8.30. The molecule has 0 bridgehead atoms. The van der Waals surface area contributed by atoms with Crippen LogP contribution in [0.2, 0.25) is 0 Å². The Kier molecular flexibility index (Phi) is 6.03. The number of hydrogen-bond acceptors (Lipinski definition) is 7. The second kappa shape index (κ2) is 9.09. The molecule has 32 heavy (non-hydrogen) atoms. The number of rotatable bonds is 8. The van der Waals surface area contributed by atoms with Crippen molar-refractivity contribution in [1.29, 1.82) is 0 Å². The minimum Gasteiger partial charge on any atom is -0.493 e. The molecule has 5 rings (SSSR count). The van der Waals surface area contributed by atoms with E-state index in [9.17, 15) is 8.42 Å². The molecular weight excluding hydrogens is 428 g/mol. The maximum atomic E-state index is 12.6. The van der Waals surface area contributed by atoms with Crippen molar-refractivity contribution in [2.24, 2.45) is 0 Å². The summed E-state index contributed by atoms with van der Waals surface area (Å²) in [6, 6.07) is 13.0. The topological polar surface area (TPSA) is 87.9 Å². The van der Waals surface area contributed by atoms with E-state index < -0.39 is 10.0 Å². The van der Waals surface area contributed by atoms with Gasteiger partial charge in [-0.3, -0.25) is 4.90 Å². The highest BCUT2D eigenvalue weighted by atomic mass is 32.2. The number of anilines is 1. The number of nitrogens with zero attached hydrogens (tertiary/aromatic N) is 3. The molecule has 1 aromatic heterocycles. The summed E-state index contributed by atoms with van der Waals surface area (Å²) in [4.78, 5) is 5.02. The number of aromatic nitrogens is 1. The molecule has 0 amide bonds. The molecule has 2 aliphatic rings. The maximum absolute atomic E-state index is 12.6. The van der Waals surface area contributed by atoms with Gasteiger partial charge in [0.15, 0.2) is 11.4 Å². The van der Waals surface area contributed by atoms with Crippen LogP contribution in [0.1, 0.15) is 18.4 Å². The van der Waals surface area contributed by atoms with Gasteiger partial charge in [-0.2, -0.15) is 0 Å². The first-order chi connectivity index (χ1) is 15.6. The smallest absolute Gasteiger partial charge is 0.240 e. The average Bonchev–Trinajstić information content (AvgIpc) is 3.46. The van der Waals surface area contributed by atoms with Gasteiger partial charge in [-0.15, -0.1) is 0 Å². The molecular formula is C23H28N4O4S. The van der Waals surface area contributed by atoms with Crippen molar-refractivity contribution in [3.05, 3.63) is 48.0 Å². The molecule has 1 fully saturated rings. The quantitative estimate of drug-likeness (QED) is 0.522. The van der Waals surface area contributed by atoms with Gasteiger partial charge in [-0.05, 0) is 55.3 Å². The van der Waals surface area contributed by atoms with Crippen LogP contribution in [0, 0.1) is 0 Å². The Hall–Kier alpha value is -2.62. The van der Waals surface area contributed by atoms with E-state index in [4.69, 9.17) is 9.26 Å². The summed E-state index contributed by atoms with van der Waals surface area (Å²) in [7, 11) is -3.48. The highest BCUT2D eigenvalue weighted by Crippen LogP contribution is 2.28. The van der Waals surface area contributed by atoms with Crippen LogP contribution in [0.3, 0.4) is 0 Å². The monoisotopic (exact) mass is 456 g/mol. The third-order valence-electron chi connectivity index (χ3n) is 6.19. The van der Waals surface area contributed by atoms with E-state index >= 15 is 0 Å². The molecule has 3 aromatic rings. The van der Waals surface area contributed by atoms with E-state index in [1.54, 1.807) is 18.2 Å². The van der Waals surface area contributed by atoms with Crippen LogP contribution in [-0.4, -0.2) is 64.3 Å². The Morgan fingerprint density at radius 1 is 1.03 bits per heavy atom. The van der Waals surface area contributed by atoms with Crippen LogP contribution in [0.15, 0.2) is 51.9 Å². The molecule has 1 N–H and O–H groups in total. The summed E-state index contributed by atoms with van der Waals surface area (Å²) in [5.74, 6) is 1.72. The molecule has 0 atom stereocenters. The fraction of sp³-hybridized carbons (Fsp3) is 0.435. The largest absolute Gasteiger partial charge is 0.493 e. The van der Waals surface area contributed by atoms with E-state index in [0.29, 0.717) is 18.0 Å². The van der Waals surface area contributed by atoms with E-state index in [1.165, 1.54) is 0 Å². The number of nitrogens with one attached hydrogen (secondary N) is 1. The molecule has 1 saturated heterocycles. The van der Waals surface area contributed by atoms with Crippen molar-refractivity contribution in [2.75, 3.05) is 50.8 Å². The van der Waals surface area contributed by atoms with Crippen molar-refractivity contribution in [2.45, 2.75) is 24.2 Å². The van der Waals surface area contributed by atoms with Gasteiger partial charge < -0.3 is 14.2 Å². The third-order valence-corrected chi connectivity index (χ3v) is 7.65. The Balaban J connectivity index is 1.04. The lowest BCUT2D eigenvalue weighted by molar-refractivity contribution is 0.252. The SMILES string of the molecule is O=S(=O)(NCCCCN1CCN(c2noc3ccccc23)CC1)c1ccc2c(c1)CCO2. The number of piperazine rings is 1. The first-order valence-corrected chi connectivity index (χ1v) is 12.7. The first-order valence-electron chi connectivity index (χ1n) is 11.2. The minimum atomic E-state index is -3.48. The molecule has 0 radical (unpaired) electrons. The Morgan fingerprint density at radius 2 is 1.88 bits per heavy atom. The molecule has 0 spiro atoms. The number of ether oxygens (including phenoxy) is 1. The van der Waals surface area contributed by atoms with Crippen molar-refractivity contribution in [1.82, 2.24) is 14.8 Å². The van der Waals surface area contributed by atoms with Gasteiger partial charge in [0.2, 0.25) is 10.0 Å². The molecule has 3 heterocycles. The summed E-state index contributed by atoms with van der Waals surface area (Å²) in [5, 5.41) is 5.32. The highest BCUT2D eigenvalue weighted by molar-refractivity contribution is 7.89. The predicted molar refractivity (Wildman–Crippen MR) is 123 cm³/mol. The molecule has 170 valence electrons. The summed E-state index contributed by atoms with van der Waals surface area (Å²) >= 11 is 0. The fourth-order valence-corrected chi connectivity index (χ4v) is 5.49. The number of sulfonamides is 1. The summed E-state index contributed by atoms with van der Waals surface area (Å²) in [5.41, 5.74) is 1.78. The lowest BCUT2D eigenvalue weighted by Gasteiger charge is -2.34. The number of benzene rings is 2. The van der Waals surface area contributed by atoms with Crippen molar-refractivity contribution in [3.8, 4) is 5.75 Å². The number of fused-ring (bicyclic) bond motifs is 2. The Bertz CT molecular complexity index is 1190. The van der Waals surface area contributed by atoms with E-state index in [2.05, 4.69) is 19.7 Å². The van der Waals surface area contributed by atoms with Gasteiger partial charge in [-0.25, -0.2) is 13.1 Å². The predicted octanol–water partition coefficient (Wildman–Crippen LogP) is 2.64. The molecule has 8 nitrogen and oxygen atoms in total. The van der Waals surface area contributed by atoms with Gasteiger partial charge in [-0.1, -0.05) is 17.3 Å². The standard InChI is InChI=1S/C23H28N4O4S/c28-32(29,19-7-8-21-18(17-19)9-16-30-21)24-10-3-4-11-26-12-14-27(15-13-26)23-20-5-1-2-6-22(20)31-25-23/h1-2,5-8,17,24H,3-4,9-16H2. The van der Waals surface area contributed by atoms with Crippen LogP contribution in [0.25, 0.3) is 11.0 Å². The number of hydrogen-bond donors (Lipinski definition) is 1. The zero-order valence-electron chi connectivity index (χ0n) is 18.0. The zero-order valence-corrected chi connectivity index (χ0v) is 18.8. The van der Waals surface area contributed by atoms with Crippen LogP contribution in [-0.2, 0) is 16.4 Å². The van der Waals surface area contributed by atoms with Gasteiger partial charge in [0.1, 0.15) is 5.75 Å². The lowest BCUT2D eigenvalue weighted by atomic mass is 10.2. The molecule has 9 heteroatoms. The van der Waals surface area contributed by atoms with Crippen LogP contribution >= 0.6 is 0 Å². The number of unbranched alkanes of at least 4 members (excludes halogenated alkanes) is 1. The Morgan fingerprint density at radius 3 is 2.75 bits per heavy atom. The second-order valence-corrected chi connectivity index (χ2v) is 10.1. The maximum Gasteiger partial charge on any atom is 0.240 e. The highest BCUT2D eigenvalue weighted by Gasteiger charge is 2.22. The van der Waals surface area contributed by atoms with Gasteiger partial charge in [0.25, 0.3) is 0 Å². The van der Waals surface area contributed by atoms with Crippen LogP contribution < -0.4 is 14.4 Å². The van der Waals surface area contributed by atoms with Gasteiger partial charge in [0, 0.05) is 39.1 Å². The molecule has 0 aliphatic carbocycles. The van der Waals surface area contributed by atoms with Gasteiger partial charge >= 0.3 is 0 Å². The normalized spacial score (nSPS) is 16.9. The summed E-state index contributed by atoms with van der Waals surface area (Å²) < 4.78 is 38.7. The first kappa shape index (κ1) is 21.2. The van der Waals surface area contributed by atoms with E-state index in [-0.39, 0.29) is 0 Å². The van der Waals surface area contributed by atoms with E-state index in [0.717, 1.165) is 80.1 Å². The van der Waals surface area contributed by atoms with Crippen molar-refractivity contribution < 1.29 is 17.7 Å².